The van der Waals surface area contributed by atoms with Gasteiger partial charge in [-0.2, -0.15) is 0 Å². The van der Waals surface area contributed by atoms with Crippen molar-refractivity contribution in [2.75, 3.05) is 18.4 Å². The van der Waals surface area contributed by atoms with E-state index >= 15 is 0 Å². The number of benzene rings is 2. The fraction of sp³-hybridized carbons (Fsp3) is 0.211. The SMILES string of the molecule is CCCNC(=O)CNC(=O)c1ccccc1NC(=O)c1ccccc1. The Morgan fingerprint density at radius 2 is 1.52 bits per heavy atom. The van der Waals surface area contributed by atoms with E-state index in [-0.39, 0.29) is 18.4 Å². The number of anilines is 1. The maximum absolute atomic E-state index is 12.3. The van der Waals surface area contributed by atoms with Crippen LogP contribution in [-0.2, 0) is 4.79 Å². The van der Waals surface area contributed by atoms with Crippen molar-refractivity contribution in [3.63, 3.8) is 0 Å². The minimum absolute atomic E-state index is 0.111. The second kappa shape index (κ2) is 9.22. The molecule has 130 valence electrons. The third-order valence-electron chi connectivity index (χ3n) is 3.44. The van der Waals surface area contributed by atoms with Gasteiger partial charge in [0, 0.05) is 12.1 Å². The molecule has 3 amide bonds. The number of carbonyl (C=O) groups excluding carboxylic acids is 3. The number of hydrogen-bond acceptors (Lipinski definition) is 3. The van der Waals surface area contributed by atoms with Crippen LogP contribution in [0.15, 0.2) is 54.6 Å². The molecular formula is C19H21N3O3. The lowest BCUT2D eigenvalue weighted by Gasteiger charge is -2.11. The monoisotopic (exact) mass is 339 g/mol. The summed E-state index contributed by atoms with van der Waals surface area (Å²) in [6.07, 6.45) is 0.827. The maximum atomic E-state index is 12.3. The topological polar surface area (TPSA) is 87.3 Å². The lowest BCUT2D eigenvalue weighted by molar-refractivity contribution is -0.120. The molecule has 0 fully saturated rings. The zero-order valence-electron chi connectivity index (χ0n) is 14.0. The molecule has 6 heteroatoms. The van der Waals surface area contributed by atoms with Gasteiger partial charge in [0.2, 0.25) is 5.91 Å². The summed E-state index contributed by atoms with van der Waals surface area (Å²) in [5.74, 6) is -0.974. The van der Waals surface area contributed by atoms with E-state index in [1.54, 1.807) is 48.5 Å². The van der Waals surface area contributed by atoms with Gasteiger partial charge in [-0.25, -0.2) is 0 Å². The van der Waals surface area contributed by atoms with Crippen molar-refractivity contribution in [2.24, 2.45) is 0 Å². The first-order chi connectivity index (χ1) is 12.1. The number of carbonyl (C=O) groups is 3. The molecule has 0 spiro atoms. The fourth-order valence-electron chi connectivity index (χ4n) is 2.16. The lowest BCUT2D eigenvalue weighted by Crippen LogP contribution is -2.37. The van der Waals surface area contributed by atoms with E-state index < -0.39 is 5.91 Å². The van der Waals surface area contributed by atoms with E-state index in [0.717, 1.165) is 6.42 Å². The largest absolute Gasteiger partial charge is 0.355 e. The van der Waals surface area contributed by atoms with E-state index in [1.165, 1.54) is 0 Å². The van der Waals surface area contributed by atoms with Crippen LogP contribution < -0.4 is 16.0 Å². The van der Waals surface area contributed by atoms with Crippen LogP contribution in [-0.4, -0.2) is 30.8 Å². The average Bonchev–Trinajstić information content (AvgIpc) is 2.65. The van der Waals surface area contributed by atoms with Gasteiger partial charge in [0.05, 0.1) is 17.8 Å². The standard InChI is InChI=1S/C19H21N3O3/c1-2-12-20-17(23)13-21-19(25)15-10-6-7-11-16(15)22-18(24)14-8-4-3-5-9-14/h3-11H,2,12-13H2,1H3,(H,20,23)(H,21,25)(H,22,24). The van der Waals surface area contributed by atoms with Crippen LogP contribution in [0.4, 0.5) is 5.69 Å². The van der Waals surface area contributed by atoms with Gasteiger partial charge in [0.25, 0.3) is 11.8 Å². The number of amides is 3. The lowest BCUT2D eigenvalue weighted by atomic mass is 10.1. The molecule has 0 saturated carbocycles. The fourth-order valence-corrected chi connectivity index (χ4v) is 2.16. The van der Waals surface area contributed by atoms with Gasteiger partial charge in [-0.1, -0.05) is 37.3 Å². The minimum Gasteiger partial charge on any atom is -0.355 e. The minimum atomic E-state index is -0.421. The molecule has 3 N–H and O–H groups in total. The van der Waals surface area contributed by atoms with E-state index in [1.807, 2.05) is 13.0 Å². The Balaban J connectivity index is 2.03. The number of rotatable bonds is 7. The molecule has 2 rings (SSSR count). The summed E-state index contributed by atoms with van der Waals surface area (Å²) >= 11 is 0. The Morgan fingerprint density at radius 1 is 0.840 bits per heavy atom. The molecule has 2 aromatic rings. The summed E-state index contributed by atoms with van der Waals surface area (Å²) in [7, 11) is 0. The maximum Gasteiger partial charge on any atom is 0.255 e. The molecule has 0 bridgehead atoms. The van der Waals surface area contributed by atoms with Gasteiger partial charge >= 0.3 is 0 Å². The van der Waals surface area contributed by atoms with Gasteiger partial charge < -0.3 is 16.0 Å². The molecule has 0 aliphatic carbocycles. The first-order valence-electron chi connectivity index (χ1n) is 8.12. The Morgan fingerprint density at radius 3 is 2.24 bits per heavy atom. The van der Waals surface area contributed by atoms with E-state index in [4.69, 9.17) is 0 Å². The highest BCUT2D eigenvalue weighted by atomic mass is 16.2. The van der Waals surface area contributed by atoms with Crippen molar-refractivity contribution in [2.45, 2.75) is 13.3 Å². The summed E-state index contributed by atoms with van der Waals surface area (Å²) < 4.78 is 0. The zero-order chi connectivity index (χ0) is 18.1. The second-order valence-corrected chi connectivity index (χ2v) is 5.40. The van der Waals surface area contributed by atoms with Crippen LogP contribution in [0.25, 0.3) is 0 Å². The van der Waals surface area contributed by atoms with Gasteiger partial charge in [-0.15, -0.1) is 0 Å². The van der Waals surface area contributed by atoms with Crippen LogP contribution in [0.1, 0.15) is 34.1 Å². The summed E-state index contributed by atoms with van der Waals surface area (Å²) in [6.45, 7) is 2.41. The third-order valence-corrected chi connectivity index (χ3v) is 3.44. The summed E-state index contributed by atoms with van der Waals surface area (Å²) in [4.78, 5) is 36.2. The van der Waals surface area contributed by atoms with Crippen molar-refractivity contribution in [1.29, 1.82) is 0 Å². The Kier molecular flexibility index (Phi) is 6.71. The molecule has 0 radical (unpaired) electrons. The molecule has 6 nitrogen and oxygen atoms in total. The smallest absolute Gasteiger partial charge is 0.255 e. The predicted molar refractivity (Wildman–Crippen MR) is 96.5 cm³/mol. The van der Waals surface area contributed by atoms with E-state index in [2.05, 4.69) is 16.0 Å². The molecule has 25 heavy (non-hydrogen) atoms. The van der Waals surface area contributed by atoms with Crippen LogP contribution >= 0.6 is 0 Å². The average molecular weight is 339 g/mol. The van der Waals surface area contributed by atoms with Crippen molar-refractivity contribution >= 4 is 23.4 Å². The Labute approximate surface area is 146 Å². The summed E-state index contributed by atoms with van der Waals surface area (Å²) in [5, 5.41) is 7.97. The molecule has 0 heterocycles. The van der Waals surface area contributed by atoms with Crippen molar-refractivity contribution in [1.82, 2.24) is 10.6 Å². The molecule has 0 aliphatic rings. The van der Waals surface area contributed by atoms with E-state index in [0.29, 0.717) is 23.4 Å². The highest BCUT2D eigenvalue weighted by molar-refractivity contribution is 6.09. The number of nitrogens with one attached hydrogen (secondary N) is 3. The number of para-hydroxylation sites is 1. The van der Waals surface area contributed by atoms with Crippen LogP contribution in [0.5, 0.6) is 0 Å². The Bertz CT molecular complexity index is 745. The van der Waals surface area contributed by atoms with Crippen LogP contribution in [0.2, 0.25) is 0 Å². The van der Waals surface area contributed by atoms with Gasteiger partial charge in [-0.05, 0) is 30.7 Å². The molecule has 0 aliphatic heterocycles. The zero-order valence-corrected chi connectivity index (χ0v) is 14.0. The van der Waals surface area contributed by atoms with Crippen molar-refractivity contribution in [3.05, 3.63) is 65.7 Å². The normalized spacial score (nSPS) is 9.96. The molecule has 0 saturated heterocycles. The first kappa shape index (κ1) is 18.2. The summed E-state index contributed by atoms with van der Waals surface area (Å²) in [6, 6.07) is 15.4. The van der Waals surface area contributed by atoms with Gasteiger partial charge in [0.15, 0.2) is 0 Å². The summed E-state index contributed by atoms with van der Waals surface area (Å²) in [5.41, 5.74) is 1.19. The molecule has 0 unspecified atom stereocenters. The number of hydrogen-bond donors (Lipinski definition) is 3. The van der Waals surface area contributed by atoms with Gasteiger partial charge in [0.1, 0.15) is 0 Å². The molecule has 2 aromatic carbocycles. The predicted octanol–water partition coefficient (Wildman–Crippen LogP) is 2.19. The molecule has 0 atom stereocenters. The van der Waals surface area contributed by atoms with Crippen LogP contribution in [0, 0.1) is 0 Å². The molecular weight excluding hydrogens is 318 g/mol. The molecule has 0 aromatic heterocycles. The van der Waals surface area contributed by atoms with Crippen molar-refractivity contribution < 1.29 is 14.4 Å². The first-order valence-corrected chi connectivity index (χ1v) is 8.12. The second-order valence-electron chi connectivity index (χ2n) is 5.40. The highest BCUT2D eigenvalue weighted by Crippen LogP contribution is 2.16. The van der Waals surface area contributed by atoms with Crippen molar-refractivity contribution in [3.8, 4) is 0 Å². The highest BCUT2D eigenvalue weighted by Gasteiger charge is 2.14. The quantitative estimate of drug-likeness (QED) is 0.723. The van der Waals surface area contributed by atoms with E-state index in [9.17, 15) is 14.4 Å². The van der Waals surface area contributed by atoms with Gasteiger partial charge in [-0.3, -0.25) is 14.4 Å². The van der Waals surface area contributed by atoms with Crippen LogP contribution in [0.3, 0.4) is 0 Å². The third kappa shape index (κ3) is 5.46. The Hall–Kier alpha value is -3.15.